The average molecular weight is 197 g/mol. The molecule has 3 heteroatoms. The van der Waals surface area contributed by atoms with Crippen molar-refractivity contribution in [1.29, 1.82) is 0 Å². The number of alkyl halides is 1. The maximum absolute atomic E-state index is 5.51. The van der Waals surface area contributed by atoms with Crippen LogP contribution in [0.3, 0.4) is 0 Å². The van der Waals surface area contributed by atoms with Crippen molar-refractivity contribution in [2.45, 2.75) is 26.3 Å². The average Bonchev–Trinajstić information content (AvgIpc) is 2.54. The molecule has 13 heavy (non-hydrogen) atoms. The van der Waals surface area contributed by atoms with E-state index in [1.54, 1.807) is 6.20 Å². The van der Waals surface area contributed by atoms with E-state index in [9.17, 15) is 0 Å². The van der Waals surface area contributed by atoms with Crippen molar-refractivity contribution < 1.29 is 0 Å². The third-order valence-electron chi connectivity index (χ3n) is 1.60. The molecule has 0 spiro atoms. The van der Waals surface area contributed by atoms with Crippen LogP contribution in [0.2, 0.25) is 0 Å². The summed E-state index contributed by atoms with van der Waals surface area (Å²) >= 11 is 5.51. The van der Waals surface area contributed by atoms with Crippen LogP contribution in [0.25, 0.3) is 0 Å². The van der Waals surface area contributed by atoms with Crippen molar-refractivity contribution in [3.8, 4) is 11.8 Å². The lowest BCUT2D eigenvalue weighted by atomic mass is 10.4. The third-order valence-corrected chi connectivity index (χ3v) is 1.79. The number of imidazole rings is 1. The van der Waals surface area contributed by atoms with Gasteiger partial charge >= 0.3 is 0 Å². The Morgan fingerprint density at radius 3 is 3.15 bits per heavy atom. The van der Waals surface area contributed by atoms with Gasteiger partial charge in [0.25, 0.3) is 0 Å². The number of nitrogens with zero attached hydrogens (tertiary/aromatic N) is 2. The van der Waals surface area contributed by atoms with Crippen LogP contribution in [0.5, 0.6) is 0 Å². The minimum absolute atomic E-state index is 0.585. The molecule has 0 saturated heterocycles. The molecule has 2 nitrogen and oxygen atoms in total. The largest absolute Gasteiger partial charge is 0.324 e. The minimum atomic E-state index is 0.585. The summed E-state index contributed by atoms with van der Waals surface area (Å²) in [6.45, 7) is 3.11. The normalized spacial score (nSPS) is 9.38. The highest BCUT2D eigenvalue weighted by Crippen LogP contribution is 1.97. The Kier molecular flexibility index (Phi) is 4.42. The van der Waals surface area contributed by atoms with Crippen LogP contribution in [0.1, 0.15) is 25.6 Å². The van der Waals surface area contributed by atoms with Crippen LogP contribution in [0.15, 0.2) is 12.4 Å². The highest BCUT2D eigenvalue weighted by molar-refractivity contribution is 6.18. The summed E-state index contributed by atoms with van der Waals surface area (Å²) in [5.41, 5.74) is 0. The Bertz CT molecular complexity index is 306. The molecule has 1 heterocycles. The summed E-state index contributed by atoms with van der Waals surface area (Å²) in [6, 6.07) is 0. The summed E-state index contributed by atoms with van der Waals surface area (Å²) in [5, 5.41) is 0. The molecule has 0 atom stereocenters. The quantitative estimate of drug-likeness (QED) is 0.536. The van der Waals surface area contributed by atoms with E-state index < -0.39 is 0 Å². The van der Waals surface area contributed by atoms with E-state index in [2.05, 4.69) is 28.3 Å². The van der Waals surface area contributed by atoms with Gasteiger partial charge in [0.15, 0.2) is 5.82 Å². The van der Waals surface area contributed by atoms with Gasteiger partial charge in [0, 0.05) is 31.2 Å². The van der Waals surface area contributed by atoms with E-state index in [1.165, 1.54) is 0 Å². The number of rotatable bonds is 3. The van der Waals surface area contributed by atoms with E-state index >= 15 is 0 Å². The first-order valence-corrected chi connectivity index (χ1v) is 4.98. The molecule has 0 N–H and O–H groups in total. The van der Waals surface area contributed by atoms with Gasteiger partial charge in [-0.05, 0) is 12.3 Å². The molecule has 0 aromatic carbocycles. The summed E-state index contributed by atoms with van der Waals surface area (Å²) in [7, 11) is 0. The summed E-state index contributed by atoms with van der Waals surface area (Å²) in [5.74, 6) is 7.39. The maximum Gasteiger partial charge on any atom is 0.185 e. The molecule has 0 aliphatic heterocycles. The highest BCUT2D eigenvalue weighted by atomic mass is 35.5. The fourth-order valence-corrected chi connectivity index (χ4v) is 1.14. The van der Waals surface area contributed by atoms with Crippen molar-refractivity contribution in [3.05, 3.63) is 18.2 Å². The molecular weight excluding hydrogens is 184 g/mol. The van der Waals surface area contributed by atoms with Gasteiger partial charge in [-0.15, -0.1) is 11.6 Å². The molecule has 70 valence electrons. The molecule has 1 rings (SSSR count). The lowest BCUT2D eigenvalue weighted by molar-refractivity contribution is 0.671. The predicted octanol–water partition coefficient (Wildman–Crippen LogP) is 2.27. The van der Waals surface area contributed by atoms with E-state index in [0.717, 1.165) is 25.2 Å². The topological polar surface area (TPSA) is 17.8 Å². The Morgan fingerprint density at radius 2 is 2.46 bits per heavy atom. The van der Waals surface area contributed by atoms with Crippen molar-refractivity contribution >= 4 is 11.6 Å². The van der Waals surface area contributed by atoms with Gasteiger partial charge in [0.2, 0.25) is 0 Å². The van der Waals surface area contributed by atoms with Gasteiger partial charge < -0.3 is 4.57 Å². The smallest absolute Gasteiger partial charge is 0.185 e. The molecule has 0 saturated carbocycles. The fraction of sp³-hybridized carbons (Fsp3) is 0.500. The van der Waals surface area contributed by atoms with Gasteiger partial charge in [0.05, 0.1) is 0 Å². The van der Waals surface area contributed by atoms with Crippen molar-refractivity contribution in [2.75, 3.05) is 5.88 Å². The second-order valence-corrected chi connectivity index (χ2v) is 3.06. The van der Waals surface area contributed by atoms with Crippen molar-refractivity contribution in [3.63, 3.8) is 0 Å². The third kappa shape index (κ3) is 3.12. The van der Waals surface area contributed by atoms with E-state index in [0.29, 0.717) is 5.88 Å². The maximum atomic E-state index is 5.51. The SMILES string of the molecule is CCCn1ccnc1C#CCCCl. The monoisotopic (exact) mass is 196 g/mol. The standard InChI is InChI=1S/C10H13ClN2/c1-2-8-13-9-7-12-10(13)5-3-4-6-11/h7,9H,2,4,6,8H2,1H3. The first kappa shape index (κ1) is 10.1. The Morgan fingerprint density at radius 1 is 1.62 bits per heavy atom. The molecule has 1 aromatic heterocycles. The molecule has 0 bridgehead atoms. The van der Waals surface area contributed by atoms with Gasteiger partial charge in [-0.3, -0.25) is 0 Å². The second-order valence-electron chi connectivity index (χ2n) is 2.69. The summed E-state index contributed by atoms with van der Waals surface area (Å²) in [4.78, 5) is 4.15. The second kappa shape index (κ2) is 5.66. The molecule has 0 radical (unpaired) electrons. The highest BCUT2D eigenvalue weighted by Gasteiger charge is 1.95. The lowest BCUT2D eigenvalue weighted by Gasteiger charge is -1.98. The minimum Gasteiger partial charge on any atom is -0.324 e. The first-order valence-electron chi connectivity index (χ1n) is 4.44. The number of aryl methyl sites for hydroxylation is 1. The Labute approximate surface area is 83.9 Å². The van der Waals surface area contributed by atoms with Crippen LogP contribution < -0.4 is 0 Å². The van der Waals surface area contributed by atoms with Crippen LogP contribution in [0, 0.1) is 11.8 Å². The predicted molar refractivity (Wildman–Crippen MR) is 54.7 cm³/mol. The Hall–Kier alpha value is -0.940. The van der Waals surface area contributed by atoms with Crippen molar-refractivity contribution in [2.24, 2.45) is 0 Å². The molecule has 0 aliphatic rings. The zero-order valence-corrected chi connectivity index (χ0v) is 8.51. The summed E-state index contributed by atoms with van der Waals surface area (Å²) in [6.07, 6.45) is 5.55. The number of hydrogen-bond acceptors (Lipinski definition) is 1. The van der Waals surface area contributed by atoms with E-state index in [-0.39, 0.29) is 0 Å². The first-order chi connectivity index (χ1) is 6.38. The van der Waals surface area contributed by atoms with Crippen LogP contribution in [-0.4, -0.2) is 15.4 Å². The van der Waals surface area contributed by atoms with Gasteiger partial charge in [-0.25, -0.2) is 4.98 Å². The number of halogens is 1. The van der Waals surface area contributed by atoms with Gasteiger partial charge in [-0.2, -0.15) is 0 Å². The molecule has 0 aliphatic carbocycles. The fourth-order valence-electron chi connectivity index (χ4n) is 1.04. The zero-order valence-electron chi connectivity index (χ0n) is 7.76. The van der Waals surface area contributed by atoms with E-state index in [1.807, 2.05) is 6.20 Å². The Balaban J connectivity index is 2.66. The zero-order chi connectivity index (χ0) is 9.52. The molecule has 1 aromatic rings. The molecule has 0 unspecified atom stereocenters. The van der Waals surface area contributed by atoms with Crippen molar-refractivity contribution in [1.82, 2.24) is 9.55 Å². The summed E-state index contributed by atoms with van der Waals surface area (Å²) < 4.78 is 2.06. The van der Waals surface area contributed by atoms with Crippen LogP contribution in [0.4, 0.5) is 0 Å². The molecule has 0 amide bonds. The van der Waals surface area contributed by atoms with E-state index in [4.69, 9.17) is 11.6 Å². The van der Waals surface area contributed by atoms with Gasteiger partial charge in [0.1, 0.15) is 0 Å². The molecule has 0 fully saturated rings. The number of aromatic nitrogens is 2. The van der Waals surface area contributed by atoms with Gasteiger partial charge in [-0.1, -0.05) is 12.8 Å². The molecular formula is C10H13ClN2. The van der Waals surface area contributed by atoms with Crippen LogP contribution >= 0.6 is 11.6 Å². The lowest BCUT2D eigenvalue weighted by Crippen LogP contribution is -1.98. The van der Waals surface area contributed by atoms with Crippen LogP contribution in [-0.2, 0) is 6.54 Å². The number of hydrogen-bond donors (Lipinski definition) is 0.